The molecule has 2 aromatic carbocycles. The lowest BCUT2D eigenvalue weighted by Crippen LogP contribution is -2.40. The minimum absolute atomic E-state index is 0.242. The number of anilines is 1. The minimum atomic E-state index is 0.242. The Kier molecular flexibility index (Phi) is 5.82. The lowest BCUT2D eigenvalue weighted by Gasteiger charge is -2.23. The van der Waals surface area contributed by atoms with Gasteiger partial charge in [0.2, 0.25) is 24.1 Å². The van der Waals surface area contributed by atoms with E-state index in [0.717, 1.165) is 43.7 Å². The summed E-state index contributed by atoms with van der Waals surface area (Å²) in [4.78, 5) is 13.8. The van der Waals surface area contributed by atoms with Crippen LogP contribution < -0.4 is 19.8 Å². The van der Waals surface area contributed by atoms with E-state index in [2.05, 4.69) is 60.8 Å². The van der Waals surface area contributed by atoms with E-state index < -0.39 is 0 Å². The van der Waals surface area contributed by atoms with Crippen LogP contribution in [0.5, 0.6) is 11.5 Å². The van der Waals surface area contributed by atoms with Gasteiger partial charge in [0.05, 0.1) is 6.54 Å². The third kappa shape index (κ3) is 4.11. The van der Waals surface area contributed by atoms with Crippen LogP contribution in [0.2, 0.25) is 0 Å². The third-order valence-electron chi connectivity index (χ3n) is 6.75. The second-order valence-corrected chi connectivity index (χ2v) is 10.7. The largest absolute Gasteiger partial charge is 0.454 e. The fourth-order valence-electron chi connectivity index (χ4n) is 5.04. The molecule has 2 aliphatic rings. The molecule has 1 saturated carbocycles. The van der Waals surface area contributed by atoms with Crippen molar-refractivity contribution >= 4 is 44.7 Å². The summed E-state index contributed by atoms with van der Waals surface area (Å²) in [5, 5.41) is 0.750. The predicted octanol–water partition coefficient (Wildman–Crippen LogP) is 5.44. The molecule has 0 radical (unpaired) electrons. The lowest BCUT2D eigenvalue weighted by molar-refractivity contribution is -0.679. The zero-order valence-corrected chi connectivity index (χ0v) is 20.9. The molecule has 1 atom stereocenters. The molecule has 2 aromatic heterocycles. The number of aromatic amines is 1. The Morgan fingerprint density at radius 3 is 2.71 bits per heavy atom. The van der Waals surface area contributed by atoms with E-state index in [1.807, 2.05) is 18.5 Å². The Morgan fingerprint density at radius 2 is 1.91 bits per heavy atom. The van der Waals surface area contributed by atoms with Gasteiger partial charge in [-0.2, -0.15) is 0 Å². The van der Waals surface area contributed by atoms with Crippen LogP contribution in [0.4, 0.5) is 5.82 Å². The molecule has 3 heterocycles. The van der Waals surface area contributed by atoms with Gasteiger partial charge in [0, 0.05) is 15.3 Å². The summed E-state index contributed by atoms with van der Waals surface area (Å²) >= 11 is 5.15. The van der Waals surface area contributed by atoms with Crippen molar-refractivity contribution in [3.05, 3.63) is 58.8 Å². The van der Waals surface area contributed by atoms with Crippen LogP contribution in [0, 0.1) is 5.92 Å². The number of hydrogen-bond acceptors (Lipinski definition) is 6. The standard InChI is InChI=1S/C25H24BrN5O2S/c26-18-10-19-20(33-14-32-19)11-21(18)34-25-29-22-23(27)28-13-31(24(22)30-25)12-17(16-8-4-5-9-16)15-6-2-1-3-7-15/h1-3,6-7,10-11,13,16-17H,4-5,8-9,12,14H2,(H2,27,29,30)/p+1. The molecule has 34 heavy (non-hydrogen) atoms. The Balaban J connectivity index is 1.34. The minimum Gasteiger partial charge on any atom is -0.454 e. The summed E-state index contributed by atoms with van der Waals surface area (Å²) in [7, 11) is 0. The fraction of sp³-hybridized carbons (Fsp3) is 0.320. The number of fused-ring (bicyclic) bond motifs is 2. The van der Waals surface area contributed by atoms with Gasteiger partial charge in [-0.3, -0.25) is 0 Å². The number of nitrogen functional groups attached to an aromatic ring is 1. The average Bonchev–Trinajstić information content (AvgIpc) is 3.61. The zero-order valence-electron chi connectivity index (χ0n) is 18.5. The molecule has 1 aliphatic heterocycles. The Morgan fingerprint density at radius 1 is 1.15 bits per heavy atom. The molecule has 1 unspecified atom stereocenters. The van der Waals surface area contributed by atoms with Gasteiger partial charge in [-0.05, 0) is 64.1 Å². The van der Waals surface area contributed by atoms with Gasteiger partial charge in [0.15, 0.2) is 17.0 Å². The smallest absolute Gasteiger partial charge is 0.294 e. The van der Waals surface area contributed by atoms with Gasteiger partial charge in [-0.25, -0.2) is 4.57 Å². The molecular formula is C25H25BrN5O2S+. The second kappa shape index (κ2) is 9.11. The number of aromatic nitrogens is 4. The van der Waals surface area contributed by atoms with Gasteiger partial charge in [0.1, 0.15) is 0 Å². The molecule has 0 spiro atoms. The number of nitrogens with one attached hydrogen (secondary N) is 1. The highest BCUT2D eigenvalue weighted by atomic mass is 79.9. The number of ether oxygens (including phenoxy) is 2. The predicted molar refractivity (Wildman–Crippen MR) is 134 cm³/mol. The number of imidazole rings is 1. The highest BCUT2D eigenvalue weighted by Crippen LogP contribution is 2.43. The van der Waals surface area contributed by atoms with Crippen molar-refractivity contribution in [3.63, 3.8) is 0 Å². The molecule has 0 amide bonds. The summed E-state index contributed by atoms with van der Waals surface area (Å²) in [6.07, 6.45) is 6.98. The Labute approximate surface area is 210 Å². The molecule has 7 nitrogen and oxygen atoms in total. The summed E-state index contributed by atoms with van der Waals surface area (Å²) in [6, 6.07) is 14.7. The number of benzene rings is 2. The van der Waals surface area contributed by atoms with E-state index in [1.54, 1.807) is 0 Å². The zero-order chi connectivity index (χ0) is 23.1. The topological polar surface area (TPSA) is 89.9 Å². The molecule has 0 saturated heterocycles. The van der Waals surface area contributed by atoms with Crippen molar-refractivity contribution in [3.8, 4) is 11.5 Å². The van der Waals surface area contributed by atoms with Gasteiger partial charge in [0.25, 0.3) is 5.65 Å². The molecule has 174 valence electrons. The summed E-state index contributed by atoms with van der Waals surface area (Å²) in [6.45, 7) is 1.06. The van der Waals surface area contributed by atoms with Gasteiger partial charge in [-0.1, -0.05) is 53.1 Å². The highest BCUT2D eigenvalue weighted by molar-refractivity contribution is 9.10. The van der Waals surface area contributed by atoms with Gasteiger partial charge < -0.3 is 20.2 Å². The monoisotopic (exact) mass is 538 g/mol. The van der Waals surface area contributed by atoms with Gasteiger partial charge in [-0.15, -0.1) is 0 Å². The quantitative estimate of drug-likeness (QED) is 0.317. The van der Waals surface area contributed by atoms with E-state index in [4.69, 9.17) is 20.2 Å². The van der Waals surface area contributed by atoms with Crippen LogP contribution in [-0.4, -0.2) is 21.7 Å². The van der Waals surface area contributed by atoms with Crippen LogP contribution >= 0.6 is 27.7 Å². The van der Waals surface area contributed by atoms with Crippen LogP contribution in [-0.2, 0) is 6.54 Å². The van der Waals surface area contributed by atoms with Crippen LogP contribution in [0.25, 0.3) is 11.2 Å². The molecule has 1 fully saturated rings. The van der Waals surface area contributed by atoms with Crippen molar-refractivity contribution in [2.24, 2.45) is 5.92 Å². The van der Waals surface area contributed by atoms with Crippen molar-refractivity contribution in [1.29, 1.82) is 0 Å². The first-order valence-corrected chi connectivity index (χ1v) is 13.1. The van der Waals surface area contributed by atoms with E-state index in [-0.39, 0.29) is 6.79 Å². The first-order chi connectivity index (χ1) is 16.7. The van der Waals surface area contributed by atoms with Crippen LogP contribution in [0.3, 0.4) is 0 Å². The highest BCUT2D eigenvalue weighted by Gasteiger charge is 2.30. The molecule has 9 heteroatoms. The Bertz CT molecular complexity index is 1340. The van der Waals surface area contributed by atoms with Crippen molar-refractivity contribution in [1.82, 2.24) is 15.0 Å². The molecular weight excluding hydrogens is 514 g/mol. The summed E-state index contributed by atoms with van der Waals surface area (Å²) in [5.74, 6) is 3.01. The molecule has 1 aliphatic carbocycles. The Hall–Kier alpha value is -2.78. The number of halogens is 1. The lowest BCUT2D eigenvalue weighted by atomic mass is 9.84. The molecule has 3 N–H and O–H groups in total. The maximum Gasteiger partial charge on any atom is 0.294 e. The van der Waals surface area contributed by atoms with E-state index in [0.29, 0.717) is 17.7 Å². The number of H-pyrrole nitrogens is 1. The normalized spacial score (nSPS) is 16.4. The average molecular weight is 539 g/mol. The van der Waals surface area contributed by atoms with Crippen LogP contribution in [0.15, 0.2) is 63.3 Å². The van der Waals surface area contributed by atoms with Crippen molar-refractivity contribution in [2.45, 2.75) is 48.2 Å². The molecule has 4 aromatic rings. The SMILES string of the molecule is Nc1nc[n+](CC(c2ccccc2)C2CCCC2)c2nc(Sc3cc4c(cc3Br)OCO4)[nH]c12. The van der Waals surface area contributed by atoms with Crippen molar-refractivity contribution < 1.29 is 14.0 Å². The van der Waals surface area contributed by atoms with E-state index in [9.17, 15) is 0 Å². The number of nitrogens with zero attached hydrogens (tertiary/aromatic N) is 3. The summed E-state index contributed by atoms with van der Waals surface area (Å²) in [5.41, 5.74) is 9.21. The maximum absolute atomic E-state index is 6.25. The van der Waals surface area contributed by atoms with Crippen LogP contribution in [0.1, 0.15) is 37.2 Å². The molecule has 6 rings (SSSR count). The molecule has 0 bridgehead atoms. The first kappa shape index (κ1) is 21.7. The first-order valence-electron chi connectivity index (χ1n) is 11.5. The maximum atomic E-state index is 6.25. The summed E-state index contributed by atoms with van der Waals surface area (Å²) < 4.78 is 14.1. The number of nitrogens with two attached hydrogens (primary N) is 1. The fourth-order valence-corrected chi connectivity index (χ4v) is 6.42. The second-order valence-electron chi connectivity index (χ2n) is 8.82. The van der Waals surface area contributed by atoms with E-state index >= 15 is 0 Å². The number of rotatable bonds is 6. The third-order valence-corrected chi connectivity index (χ3v) is 8.61. The van der Waals surface area contributed by atoms with Crippen molar-refractivity contribution in [2.75, 3.05) is 12.5 Å². The van der Waals surface area contributed by atoms with E-state index in [1.165, 1.54) is 43.0 Å². The van der Waals surface area contributed by atoms with Gasteiger partial charge >= 0.3 is 0 Å². The number of hydrogen-bond donors (Lipinski definition) is 2.